The number of aromatic nitrogens is 4. The Bertz CT molecular complexity index is 1340. The van der Waals surface area contributed by atoms with E-state index in [1.54, 1.807) is 43.5 Å². The van der Waals surface area contributed by atoms with Crippen molar-refractivity contribution >= 4 is 28.7 Å². The number of rotatable bonds is 8. The molecule has 3 aromatic rings. The van der Waals surface area contributed by atoms with Crippen molar-refractivity contribution in [3.63, 3.8) is 0 Å². The highest BCUT2D eigenvalue weighted by Crippen LogP contribution is 2.28. The van der Waals surface area contributed by atoms with E-state index in [0.717, 1.165) is 0 Å². The predicted octanol–water partition coefficient (Wildman–Crippen LogP) is 1.77. The highest BCUT2D eigenvalue weighted by Gasteiger charge is 2.31. The molecule has 1 aromatic carbocycles. The summed E-state index contributed by atoms with van der Waals surface area (Å²) in [5, 5.41) is 14.3. The molecule has 1 amide bonds. The minimum absolute atomic E-state index is 0.0803. The van der Waals surface area contributed by atoms with Crippen LogP contribution in [0.5, 0.6) is 11.5 Å². The number of carboxylic acid groups (broad SMARTS) is 1. The largest absolute Gasteiger partial charge is 0.497 e. The molecule has 1 aliphatic heterocycles. The Morgan fingerprint density at radius 3 is 2.67 bits per heavy atom. The van der Waals surface area contributed by atoms with Gasteiger partial charge in [-0.1, -0.05) is 6.58 Å². The van der Waals surface area contributed by atoms with Crippen LogP contribution in [0.1, 0.15) is 18.4 Å². The third-order valence-corrected chi connectivity index (χ3v) is 5.93. The SMILES string of the molecule is C=CC(=O)N1CCC(N(CCC(=O)O)c2ncnc3c2cnn3C#Cc2cc(OC)cc(OC)c2)C1. The van der Waals surface area contributed by atoms with Gasteiger partial charge in [0.05, 0.1) is 32.2 Å². The van der Waals surface area contributed by atoms with E-state index < -0.39 is 5.97 Å². The third kappa shape index (κ3) is 5.22. The van der Waals surface area contributed by atoms with E-state index >= 15 is 0 Å². The minimum atomic E-state index is -0.919. The van der Waals surface area contributed by atoms with Gasteiger partial charge in [-0.25, -0.2) is 9.97 Å². The Balaban J connectivity index is 1.68. The second kappa shape index (κ2) is 10.8. The fraction of sp³-hybridized carbons (Fsp3) is 0.320. The minimum Gasteiger partial charge on any atom is -0.497 e. The number of fused-ring (bicyclic) bond motifs is 1. The molecular formula is C25H26N6O5. The maximum atomic E-state index is 12.1. The van der Waals surface area contributed by atoms with Gasteiger partial charge in [-0.3, -0.25) is 9.59 Å². The van der Waals surface area contributed by atoms with Crippen LogP contribution in [0.15, 0.2) is 43.4 Å². The number of likely N-dealkylation sites (tertiary alicyclic amines) is 1. The summed E-state index contributed by atoms with van der Waals surface area (Å²) < 4.78 is 12.0. The van der Waals surface area contributed by atoms with Crippen molar-refractivity contribution in [1.29, 1.82) is 0 Å². The standard InChI is InChI=1S/C25H26N6O5/c1-4-22(32)29-8-6-18(15-29)30(9-7-23(33)34)24-21-14-28-31(25(21)27-16-26-24)10-5-17-11-19(35-2)13-20(12-17)36-3/h4,11-14,16,18H,1,6-9,15H2,2-3H3,(H,33,34). The summed E-state index contributed by atoms with van der Waals surface area (Å²) in [5.41, 5.74) is 1.16. The quantitative estimate of drug-likeness (QED) is 0.372. The van der Waals surface area contributed by atoms with Crippen LogP contribution in [0.25, 0.3) is 11.0 Å². The normalized spacial score (nSPS) is 14.7. The molecule has 186 valence electrons. The molecule has 11 heteroatoms. The van der Waals surface area contributed by atoms with E-state index in [4.69, 9.17) is 9.47 Å². The van der Waals surface area contributed by atoms with E-state index in [1.165, 1.54) is 17.1 Å². The average Bonchev–Trinajstić information content (AvgIpc) is 3.55. The van der Waals surface area contributed by atoms with Gasteiger partial charge in [0, 0.05) is 43.4 Å². The number of nitrogens with zero attached hydrogens (tertiary/aromatic N) is 6. The smallest absolute Gasteiger partial charge is 0.305 e. The lowest BCUT2D eigenvalue weighted by molar-refractivity contribution is -0.136. The number of benzene rings is 1. The molecule has 0 spiro atoms. The first-order chi connectivity index (χ1) is 17.4. The molecule has 0 aliphatic carbocycles. The second-order valence-electron chi connectivity index (χ2n) is 8.10. The molecule has 0 bridgehead atoms. The van der Waals surface area contributed by atoms with E-state index in [-0.39, 0.29) is 24.9 Å². The molecule has 1 saturated heterocycles. The predicted molar refractivity (Wildman–Crippen MR) is 132 cm³/mol. The fourth-order valence-corrected chi connectivity index (χ4v) is 4.14. The van der Waals surface area contributed by atoms with Crippen molar-refractivity contribution in [1.82, 2.24) is 24.6 Å². The number of carboxylic acids is 1. The van der Waals surface area contributed by atoms with Gasteiger partial charge in [-0.15, -0.1) is 0 Å². The Morgan fingerprint density at radius 1 is 1.25 bits per heavy atom. The fourth-order valence-electron chi connectivity index (χ4n) is 4.14. The van der Waals surface area contributed by atoms with Crippen LogP contribution in [0.2, 0.25) is 0 Å². The lowest BCUT2D eigenvalue weighted by Crippen LogP contribution is -2.40. The first-order valence-electron chi connectivity index (χ1n) is 11.3. The van der Waals surface area contributed by atoms with E-state index in [2.05, 4.69) is 33.6 Å². The number of hydrogen-bond donors (Lipinski definition) is 1. The summed E-state index contributed by atoms with van der Waals surface area (Å²) in [4.78, 5) is 35.9. The molecular weight excluding hydrogens is 464 g/mol. The van der Waals surface area contributed by atoms with Crippen LogP contribution in [0, 0.1) is 12.0 Å². The molecule has 1 unspecified atom stereocenters. The number of anilines is 1. The van der Waals surface area contributed by atoms with E-state index in [0.29, 0.717) is 53.4 Å². The van der Waals surface area contributed by atoms with Gasteiger partial charge in [-0.05, 0) is 30.6 Å². The molecule has 11 nitrogen and oxygen atoms in total. The number of carbonyl (C=O) groups excluding carboxylic acids is 1. The maximum absolute atomic E-state index is 12.1. The summed E-state index contributed by atoms with van der Waals surface area (Å²) in [5.74, 6) is 3.75. The highest BCUT2D eigenvalue weighted by molar-refractivity contribution is 5.89. The lowest BCUT2D eigenvalue weighted by atomic mass is 10.2. The molecule has 2 aromatic heterocycles. The highest BCUT2D eigenvalue weighted by atomic mass is 16.5. The van der Waals surface area contributed by atoms with Crippen LogP contribution >= 0.6 is 0 Å². The van der Waals surface area contributed by atoms with Crippen LogP contribution in [0.3, 0.4) is 0 Å². The topological polar surface area (TPSA) is 123 Å². The monoisotopic (exact) mass is 490 g/mol. The summed E-state index contributed by atoms with van der Waals surface area (Å²) in [6, 6.07) is 8.20. The summed E-state index contributed by atoms with van der Waals surface area (Å²) in [7, 11) is 3.14. The molecule has 1 N–H and O–H groups in total. The Kier molecular flexibility index (Phi) is 7.34. The number of methoxy groups -OCH3 is 2. The lowest BCUT2D eigenvalue weighted by Gasteiger charge is -2.30. The van der Waals surface area contributed by atoms with Crippen molar-refractivity contribution in [2.45, 2.75) is 18.9 Å². The van der Waals surface area contributed by atoms with E-state index in [1.807, 2.05) is 4.90 Å². The molecule has 36 heavy (non-hydrogen) atoms. The third-order valence-electron chi connectivity index (χ3n) is 5.93. The second-order valence-corrected chi connectivity index (χ2v) is 8.10. The number of amides is 1. The van der Waals surface area contributed by atoms with Crippen LogP contribution in [-0.2, 0) is 9.59 Å². The average molecular weight is 491 g/mol. The van der Waals surface area contributed by atoms with Gasteiger partial charge in [0.2, 0.25) is 5.91 Å². The van der Waals surface area contributed by atoms with Gasteiger partial charge >= 0.3 is 5.97 Å². The first kappa shape index (κ1) is 24.5. The zero-order valence-electron chi connectivity index (χ0n) is 20.0. The van der Waals surface area contributed by atoms with Gasteiger partial charge in [0.15, 0.2) is 5.65 Å². The van der Waals surface area contributed by atoms with E-state index in [9.17, 15) is 14.7 Å². The van der Waals surface area contributed by atoms with Crippen LogP contribution in [0.4, 0.5) is 5.82 Å². The van der Waals surface area contributed by atoms with Gasteiger partial charge in [-0.2, -0.15) is 9.78 Å². The molecule has 0 saturated carbocycles. The Hall–Kier alpha value is -4.59. The molecule has 1 aliphatic rings. The van der Waals surface area contributed by atoms with Crippen molar-refractivity contribution in [3.8, 4) is 23.5 Å². The summed E-state index contributed by atoms with van der Waals surface area (Å²) >= 11 is 0. The Morgan fingerprint density at radius 2 is 2.00 bits per heavy atom. The van der Waals surface area contributed by atoms with Crippen LogP contribution < -0.4 is 14.4 Å². The van der Waals surface area contributed by atoms with Gasteiger partial charge in [0.1, 0.15) is 23.6 Å². The van der Waals surface area contributed by atoms with Crippen molar-refractivity contribution in [3.05, 3.63) is 48.9 Å². The number of aliphatic carboxylic acids is 1. The molecule has 4 rings (SSSR count). The zero-order chi connectivity index (χ0) is 25.7. The maximum Gasteiger partial charge on any atom is 0.305 e. The molecule has 1 fully saturated rings. The van der Waals surface area contributed by atoms with Gasteiger partial charge < -0.3 is 24.4 Å². The number of ether oxygens (including phenoxy) is 2. The molecule has 0 radical (unpaired) electrons. The van der Waals surface area contributed by atoms with Gasteiger partial charge in [0.25, 0.3) is 0 Å². The molecule has 3 heterocycles. The molecule has 1 atom stereocenters. The van der Waals surface area contributed by atoms with Crippen molar-refractivity contribution < 1.29 is 24.2 Å². The van der Waals surface area contributed by atoms with Crippen LogP contribution in [-0.4, -0.2) is 81.5 Å². The summed E-state index contributed by atoms with van der Waals surface area (Å²) in [6.07, 6.45) is 4.90. The first-order valence-corrected chi connectivity index (χ1v) is 11.3. The Labute approximate surface area is 207 Å². The summed E-state index contributed by atoms with van der Waals surface area (Å²) in [6.45, 7) is 4.78. The van der Waals surface area contributed by atoms with Crippen molar-refractivity contribution in [2.24, 2.45) is 0 Å². The number of carbonyl (C=O) groups is 2. The van der Waals surface area contributed by atoms with Crippen molar-refractivity contribution in [2.75, 3.05) is 38.8 Å². The number of hydrogen-bond acceptors (Lipinski definition) is 8. The zero-order valence-corrected chi connectivity index (χ0v) is 20.0.